The van der Waals surface area contributed by atoms with Crippen molar-refractivity contribution in [2.45, 2.75) is 50.3 Å². The molecule has 0 unspecified atom stereocenters. The van der Waals surface area contributed by atoms with E-state index < -0.39 is 11.4 Å². The van der Waals surface area contributed by atoms with Crippen LogP contribution in [0.3, 0.4) is 0 Å². The summed E-state index contributed by atoms with van der Waals surface area (Å²) in [4.78, 5) is 4.76. The minimum absolute atomic E-state index is 0.0362. The first-order chi connectivity index (χ1) is 15.5. The Kier molecular flexibility index (Phi) is 5.61. The van der Waals surface area contributed by atoms with Crippen LogP contribution in [-0.2, 0) is 28.3 Å². The Morgan fingerprint density at radius 2 is 1.28 bits per heavy atom. The maximum Gasteiger partial charge on any atom is 0.227 e. The van der Waals surface area contributed by atoms with Gasteiger partial charge in [0, 0.05) is 24.0 Å². The monoisotopic (exact) mass is 437 g/mol. The molecule has 1 aliphatic heterocycles. The molecule has 0 amide bonds. The Labute approximate surface area is 186 Å². The standard InChI is InChI=1S/C25H27NO6/c27-15-17-1-5-19(6-2-17)21-22(20-7-3-18(16-28)4-8-20)32-23(26-21)24(29)9-11-25(12-10-24)30-13-14-31-25/h1-8,27-29H,9-16H2. The lowest BCUT2D eigenvalue weighted by molar-refractivity contribution is -0.207. The van der Waals surface area contributed by atoms with Gasteiger partial charge in [0.25, 0.3) is 0 Å². The molecule has 2 aliphatic rings. The molecule has 5 rings (SSSR count). The number of rotatable bonds is 5. The molecule has 168 valence electrons. The average Bonchev–Trinajstić information content (AvgIpc) is 3.50. The Hall–Kier alpha value is -2.55. The second-order valence-electron chi connectivity index (χ2n) is 8.55. The van der Waals surface area contributed by atoms with Crippen LogP contribution in [0.5, 0.6) is 0 Å². The summed E-state index contributed by atoms with van der Waals surface area (Å²) in [6.07, 6.45) is 2.01. The van der Waals surface area contributed by atoms with E-state index in [0.29, 0.717) is 50.4 Å². The van der Waals surface area contributed by atoms with E-state index in [4.69, 9.17) is 18.9 Å². The number of benzene rings is 2. The fraction of sp³-hybridized carbons (Fsp3) is 0.400. The summed E-state index contributed by atoms with van der Waals surface area (Å²) in [6.45, 7) is 1.09. The summed E-state index contributed by atoms with van der Waals surface area (Å²) in [5.74, 6) is 0.251. The molecule has 0 radical (unpaired) electrons. The summed E-state index contributed by atoms with van der Waals surface area (Å²) < 4.78 is 17.8. The largest absolute Gasteiger partial charge is 0.437 e. The zero-order chi connectivity index (χ0) is 22.2. The van der Waals surface area contributed by atoms with Crippen molar-refractivity contribution >= 4 is 0 Å². The molecule has 1 spiro atoms. The Morgan fingerprint density at radius 3 is 1.81 bits per heavy atom. The van der Waals surface area contributed by atoms with Crippen molar-refractivity contribution in [1.82, 2.24) is 4.98 Å². The zero-order valence-electron chi connectivity index (χ0n) is 17.8. The van der Waals surface area contributed by atoms with Gasteiger partial charge >= 0.3 is 0 Å². The van der Waals surface area contributed by atoms with Crippen molar-refractivity contribution in [2.75, 3.05) is 13.2 Å². The van der Waals surface area contributed by atoms with E-state index in [1.54, 1.807) is 0 Å². The van der Waals surface area contributed by atoms with Crippen LogP contribution in [0.1, 0.15) is 42.7 Å². The van der Waals surface area contributed by atoms with E-state index in [0.717, 1.165) is 22.3 Å². The molecule has 1 aliphatic carbocycles. The highest BCUT2D eigenvalue weighted by atomic mass is 16.7. The molecule has 3 aromatic rings. The van der Waals surface area contributed by atoms with Gasteiger partial charge in [-0.25, -0.2) is 4.98 Å². The molecule has 32 heavy (non-hydrogen) atoms. The first-order valence-electron chi connectivity index (χ1n) is 11.0. The van der Waals surface area contributed by atoms with Crippen molar-refractivity contribution in [3.8, 4) is 22.6 Å². The molecular weight excluding hydrogens is 410 g/mol. The Bertz CT molecular complexity index is 992. The fourth-order valence-corrected chi connectivity index (χ4v) is 4.48. The van der Waals surface area contributed by atoms with Gasteiger partial charge in [-0.1, -0.05) is 48.5 Å². The predicted molar refractivity (Wildman–Crippen MR) is 116 cm³/mol. The molecule has 2 fully saturated rings. The lowest BCUT2D eigenvalue weighted by atomic mass is 9.81. The quantitative estimate of drug-likeness (QED) is 0.561. The van der Waals surface area contributed by atoms with Gasteiger partial charge in [0.15, 0.2) is 11.5 Å². The highest BCUT2D eigenvalue weighted by molar-refractivity contribution is 5.77. The molecule has 2 aromatic carbocycles. The molecule has 1 aromatic heterocycles. The summed E-state index contributed by atoms with van der Waals surface area (Å²) in [5, 5.41) is 30.2. The first-order valence-corrected chi connectivity index (χ1v) is 11.0. The van der Waals surface area contributed by atoms with Gasteiger partial charge < -0.3 is 29.2 Å². The number of hydrogen-bond donors (Lipinski definition) is 3. The minimum Gasteiger partial charge on any atom is -0.437 e. The summed E-state index contributed by atoms with van der Waals surface area (Å²) in [5.41, 5.74) is 2.67. The Balaban J connectivity index is 1.52. The average molecular weight is 437 g/mol. The van der Waals surface area contributed by atoms with Gasteiger partial charge in [0.1, 0.15) is 11.3 Å². The molecule has 0 atom stereocenters. The molecule has 1 saturated heterocycles. The number of nitrogens with zero attached hydrogens (tertiary/aromatic N) is 1. The van der Waals surface area contributed by atoms with Gasteiger partial charge in [0.2, 0.25) is 5.89 Å². The number of aliphatic hydroxyl groups is 3. The van der Waals surface area contributed by atoms with Crippen LogP contribution < -0.4 is 0 Å². The number of hydrogen-bond acceptors (Lipinski definition) is 7. The molecule has 7 heteroatoms. The van der Waals surface area contributed by atoms with Gasteiger partial charge in [-0.05, 0) is 24.0 Å². The minimum atomic E-state index is -1.20. The lowest BCUT2D eigenvalue weighted by Gasteiger charge is -2.38. The molecule has 0 bridgehead atoms. The lowest BCUT2D eigenvalue weighted by Crippen LogP contribution is -2.42. The zero-order valence-corrected chi connectivity index (χ0v) is 17.8. The van der Waals surface area contributed by atoms with E-state index in [2.05, 4.69) is 0 Å². The normalized spacial score (nSPS) is 19.5. The Morgan fingerprint density at radius 1 is 0.750 bits per heavy atom. The van der Waals surface area contributed by atoms with Crippen LogP contribution in [0.15, 0.2) is 52.9 Å². The van der Waals surface area contributed by atoms with E-state index in [1.165, 1.54) is 0 Å². The number of oxazole rings is 1. The van der Waals surface area contributed by atoms with Crippen LogP contribution in [0.2, 0.25) is 0 Å². The van der Waals surface area contributed by atoms with Crippen molar-refractivity contribution in [3.05, 3.63) is 65.5 Å². The molecular formula is C25H27NO6. The van der Waals surface area contributed by atoms with Gasteiger partial charge in [-0.3, -0.25) is 0 Å². The van der Waals surface area contributed by atoms with Crippen molar-refractivity contribution in [3.63, 3.8) is 0 Å². The van der Waals surface area contributed by atoms with E-state index in [9.17, 15) is 15.3 Å². The highest BCUT2D eigenvalue weighted by Crippen LogP contribution is 2.46. The van der Waals surface area contributed by atoms with Crippen molar-refractivity contribution in [1.29, 1.82) is 0 Å². The highest BCUT2D eigenvalue weighted by Gasteiger charge is 2.48. The molecule has 3 N–H and O–H groups in total. The van der Waals surface area contributed by atoms with E-state index in [1.807, 2.05) is 48.5 Å². The summed E-state index contributed by atoms with van der Waals surface area (Å²) in [7, 11) is 0. The third kappa shape index (κ3) is 3.87. The van der Waals surface area contributed by atoms with Gasteiger partial charge in [-0.15, -0.1) is 0 Å². The molecule has 1 saturated carbocycles. The van der Waals surface area contributed by atoms with Crippen LogP contribution in [-0.4, -0.2) is 39.3 Å². The first kappa shape index (κ1) is 21.3. The predicted octanol–water partition coefficient (Wildman–Crippen LogP) is 3.50. The summed E-state index contributed by atoms with van der Waals surface area (Å²) in [6, 6.07) is 14.9. The van der Waals surface area contributed by atoms with E-state index in [-0.39, 0.29) is 19.1 Å². The van der Waals surface area contributed by atoms with Crippen LogP contribution >= 0.6 is 0 Å². The van der Waals surface area contributed by atoms with Gasteiger partial charge in [0.05, 0.1) is 26.4 Å². The van der Waals surface area contributed by atoms with Crippen molar-refractivity contribution in [2.24, 2.45) is 0 Å². The molecule has 2 heterocycles. The number of aromatic nitrogens is 1. The second-order valence-corrected chi connectivity index (χ2v) is 8.55. The van der Waals surface area contributed by atoms with Crippen LogP contribution in [0, 0.1) is 0 Å². The van der Waals surface area contributed by atoms with Gasteiger partial charge in [-0.2, -0.15) is 0 Å². The smallest absolute Gasteiger partial charge is 0.227 e. The van der Waals surface area contributed by atoms with Crippen molar-refractivity contribution < 1.29 is 29.2 Å². The third-order valence-electron chi connectivity index (χ3n) is 6.49. The third-order valence-corrected chi connectivity index (χ3v) is 6.49. The van der Waals surface area contributed by atoms with Crippen LogP contribution in [0.4, 0.5) is 0 Å². The van der Waals surface area contributed by atoms with Crippen LogP contribution in [0.25, 0.3) is 22.6 Å². The maximum absolute atomic E-state index is 11.4. The molecule has 7 nitrogen and oxygen atoms in total. The second kappa shape index (κ2) is 8.42. The topological polar surface area (TPSA) is 105 Å². The SMILES string of the molecule is OCc1ccc(-c2nc(C3(O)CCC4(CC3)OCCO4)oc2-c2ccc(CO)cc2)cc1. The number of aliphatic hydroxyl groups excluding tert-OH is 2. The summed E-state index contributed by atoms with van der Waals surface area (Å²) >= 11 is 0. The fourth-order valence-electron chi connectivity index (χ4n) is 4.48. The maximum atomic E-state index is 11.4. The van der Waals surface area contributed by atoms with E-state index >= 15 is 0 Å². The number of ether oxygens (including phenoxy) is 2.